The molecular weight excluding hydrogens is 252 g/mol. The van der Waals surface area contributed by atoms with Gasteiger partial charge in [-0.2, -0.15) is 0 Å². The fourth-order valence-corrected chi connectivity index (χ4v) is 3.11. The fourth-order valence-electron chi connectivity index (χ4n) is 1.68. The van der Waals surface area contributed by atoms with Gasteiger partial charge in [0.1, 0.15) is 0 Å². The molecule has 0 aliphatic rings. The second-order valence-electron chi connectivity index (χ2n) is 4.35. The molecule has 1 atom stereocenters. The van der Waals surface area contributed by atoms with Gasteiger partial charge in [0.15, 0.2) is 0 Å². The van der Waals surface area contributed by atoms with Crippen molar-refractivity contribution in [2.24, 2.45) is 5.73 Å². The lowest BCUT2D eigenvalue weighted by molar-refractivity contribution is 0.691. The lowest BCUT2D eigenvalue weighted by Gasteiger charge is -2.10. The van der Waals surface area contributed by atoms with E-state index in [0.717, 1.165) is 27.7 Å². The van der Waals surface area contributed by atoms with Crippen molar-refractivity contribution in [1.82, 2.24) is 14.6 Å². The smallest absolute Gasteiger partial charge is 0.0897 e. The zero-order chi connectivity index (χ0) is 12.4. The number of thiazole rings is 1. The van der Waals surface area contributed by atoms with Gasteiger partial charge in [0.2, 0.25) is 0 Å². The Balaban J connectivity index is 2.14. The molecule has 0 bridgehead atoms. The van der Waals surface area contributed by atoms with Crippen molar-refractivity contribution in [2.45, 2.75) is 39.2 Å². The molecule has 4 nitrogen and oxygen atoms in total. The summed E-state index contributed by atoms with van der Waals surface area (Å²) in [7, 11) is 0. The highest BCUT2D eigenvalue weighted by molar-refractivity contribution is 7.09. The molecule has 1 unspecified atom stereocenters. The first-order chi connectivity index (χ1) is 8.08. The predicted molar refractivity (Wildman–Crippen MR) is 71.5 cm³/mol. The van der Waals surface area contributed by atoms with E-state index in [-0.39, 0.29) is 6.04 Å². The third kappa shape index (κ3) is 2.88. The zero-order valence-electron chi connectivity index (χ0n) is 10.2. The Morgan fingerprint density at radius 2 is 2.18 bits per heavy atom. The molecule has 0 radical (unpaired) electrons. The molecule has 6 heteroatoms. The van der Waals surface area contributed by atoms with Gasteiger partial charge in [-0.1, -0.05) is 18.3 Å². The quantitative estimate of drug-likeness (QED) is 0.926. The molecule has 2 N–H and O–H groups in total. The number of nitrogens with zero attached hydrogens (tertiary/aromatic N) is 3. The summed E-state index contributed by atoms with van der Waals surface area (Å²) in [5, 5.41) is 7.30. The highest BCUT2D eigenvalue weighted by atomic mass is 32.1. The van der Waals surface area contributed by atoms with Crippen LogP contribution in [0.3, 0.4) is 0 Å². The van der Waals surface area contributed by atoms with E-state index in [9.17, 15) is 0 Å². The normalized spacial score (nSPS) is 13.2. The van der Waals surface area contributed by atoms with Crippen molar-refractivity contribution in [3.8, 4) is 0 Å². The Morgan fingerprint density at radius 1 is 1.41 bits per heavy atom. The van der Waals surface area contributed by atoms with Crippen LogP contribution >= 0.6 is 22.9 Å². The maximum Gasteiger partial charge on any atom is 0.0897 e. The summed E-state index contributed by atoms with van der Waals surface area (Å²) in [5.74, 6) is 0.368. The Kier molecular flexibility index (Phi) is 3.86. The highest BCUT2D eigenvalue weighted by Gasteiger charge is 2.19. The van der Waals surface area contributed by atoms with Crippen molar-refractivity contribution in [2.75, 3.05) is 0 Å². The standard InChI is InChI=1S/C11H16N4S2/c1-6(2)10-11(17-15-14-10)9(12)4-8-5-16-7(3)13-8/h5-6,9H,4,12H2,1-3H3. The van der Waals surface area contributed by atoms with Crippen LogP contribution in [-0.2, 0) is 6.42 Å². The van der Waals surface area contributed by atoms with Gasteiger partial charge in [0.05, 0.1) is 21.3 Å². The van der Waals surface area contributed by atoms with E-state index in [4.69, 9.17) is 5.73 Å². The Labute approximate surface area is 109 Å². The van der Waals surface area contributed by atoms with Crippen LogP contribution < -0.4 is 5.73 Å². The summed E-state index contributed by atoms with van der Waals surface area (Å²) in [6.45, 7) is 6.23. The minimum Gasteiger partial charge on any atom is -0.323 e. The van der Waals surface area contributed by atoms with Gasteiger partial charge in [-0.25, -0.2) is 4.98 Å². The van der Waals surface area contributed by atoms with Crippen LogP contribution in [0, 0.1) is 6.92 Å². The van der Waals surface area contributed by atoms with Gasteiger partial charge in [-0.3, -0.25) is 0 Å². The molecule has 2 rings (SSSR count). The van der Waals surface area contributed by atoms with E-state index in [0.29, 0.717) is 5.92 Å². The summed E-state index contributed by atoms with van der Waals surface area (Å²) in [5.41, 5.74) is 8.30. The monoisotopic (exact) mass is 268 g/mol. The first kappa shape index (κ1) is 12.6. The van der Waals surface area contributed by atoms with Crippen LogP contribution in [0.2, 0.25) is 0 Å². The second-order valence-corrected chi connectivity index (χ2v) is 6.19. The molecule has 92 valence electrons. The number of rotatable bonds is 4. The van der Waals surface area contributed by atoms with Crippen molar-refractivity contribution in [1.29, 1.82) is 0 Å². The van der Waals surface area contributed by atoms with Crippen LogP contribution in [0.15, 0.2) is 5.38 Å². The molecule has 0 aliphatic carbocycles. The fraction of sp³-hybridized carbons (Fsp3) is 0.545. The molecule has 0 aromatic carbocycles. The minimum absolute atomic E-state index is 0.0473. The van der Waals surface area contributed by atoms with Crippen molar-refractivity contribution < 1.29 is 0 Å². The maximum absolute atomic E-state index is 6.21. The van der Waals surface area contributed by atoms with E-state index >= 15 is 0 Å². The SMILES string of the molecule is Cc1nc(CC(N)c2snnc2C(C)C)cs1. The van der Waals surface area contributed by atoms with Gasteiger partial charge in [0, 0.05) is 17.8 Å². The Morgan fingerprint density at radius 3 is 2.76 bits per heavy atom. The number of hydrogen-bond donors (Lipinski definition) is 1. The second kappa shape index (κ2) is 5.20. The van der Waals surface area contributed by atoms with Gasteiger partial charge < -0.3 is 5.73 Å². The van der Waals surface area contributed by atoms with Crippen LogP contribution in [0.4, 0.5) is 0 Å². The van der Waals surface area contributed by atoms with Crippen LogP contribution in [0.5, 0.6) is 0 Å². The van der Waals surface area contributed by atoms with Crippen LogP contribution in [0.1, 0.15) is 47.1 Å². The van der Waals surface area contributed by atoms with E-state index in [1.807, 2.05) is 6.92 Å². The molecule has 0 amide bonds. The van der Waals surface area contributed by atoms with Crippen LogP contribution in [0.25, 0.3) is 0 Å². The van der Waals surface area contributed by atoms with E-state index in [1.54, 1.807) is 11.3 Å². The summed E-state index contributed by atoms with van der Waals surface area (Å²) < 4.78 is 4.01. The number of aromatic nitrogens is 3. The predicted octanol–water partition coefficient (Wildman–Crippen LogP) is 2.67. The molecule has 0 spiro atoms. The van der Waals surface area contributed by atoms with Gasteiger partial charge in [0.25, 0.3) is 0 Å². The van der Waals surface area contributed by atoms with Crippen LogP contribution in [-0.4, -0.2) is 14.6 Å². The van der Waals surface area contributed by atoms with E-state index in [2.05, 4.69) is 33.8 Å². The Bertz CT molecular complexity index is 489. The molecule has 2 aromatic rings. The average molecular weight is 268 g/mol. The molecular formula is C11H16N4S2. The van der Waals surface area contributed by atoms with Crippen molar-refractivity contribution in [3.63, 3.8) is 0 Å². The van der Waals surface area contributed by atoms with Gasteiger partial charge >= 0.3 is 0 Å². The summed E-state index contributed by atoms with van der Waals surface area (Å²) in [6, 6.07) is -0.0473. The molecule has 2 heterocycles. The largest absolute Gasteiger partial charge is 0.323 e. The third-order valence-corrected chi connectivity index (χ3v) is 4.21. The summed E-state index contributed by atoms with van der Waals surface area (Å²) in [4.78, 5) is 5.53. The number of nitrogens with two attached hydrogens (primary N) is 1. The number of hydrogen-bond acceptors (Lipinski definition) is 6. The lowest BCUT2D eigenvalue weighted by Crippen LogP contribution is -2.14. The van der Waals surface area contributed by atoms with Crippen molar-refractivity contribution >= 4 is 22.9 Å². The minimum atomic E-state index is -0.0473. The van der Waals surface area contributed by atoms with Crippen molar-refractivity contribution in [3.05, 3.63) is 26.7 Å². The first-order valence-corrected chi connectivity index (χ1v) is 7.22. The molecule has 0 fully saturated rings. The molecule has 17 heavy (non-hydrogen) atoms. The topological polar surface area (TPSA) is 64.7 Å². The van der Waals surface area contributed by atoms with E-state index < -0.39 is 0 Å². The zero-order valence-corrected chi connectivity index (χ0v) is 11.8. The number of aryl methyl sites for hydroxylation is 1. The lowest BCUT2D eigenvalue weighted by atomic mass is 10.0. The first-order valence-electron chi connectivity index (χ1n) is 5.56. The average Bonchev–Trinajstić information content (AvgIpc) is 2.86. The molecule has 0 saturated heterocycles. The summed E-state index contributed by atoms with van der Waals surface area (Å²) in [6.07, 6.45) is 0.758. The third-order valence-electron chi connectivity index (χ3n) is 2.52. The van der Waals surface area contributed by atoms with E-state index in [1.165, 1.54) is 11.5 Å². The molecule has 0 aliphatic heterocycles. The van der Waals surface area contributed by atoms with Gasteiger partial charge in [-0.05, 0) is 24.4 Å². The highest BCUT2D eigenvalue weighted by Crippen LogP contribution is 2.27. The molecule has 0 saturated carbocycles. The maximum atomic E-state index is 6.21. The van der Waals surface area contributed by atoms with Gasteiger partial charge in [-0.15, -0.1) is 16.4 Å². The molecule has 2 aromatic heterocycles. The Hall–Kier alpha value is -0.850. The summed E-state index contributed by atoms with van der Waals surface area (Å²) >= 11 is 3.06.